The Morgan fingerprint density at radius 1 is 0.284 bits per heavy atom. The van der Waals surface area contributed by atoms with Gasteiger partial charge in [0.05, 0.1) is 26.4 Å². The van der Waals surface area contributed by atoms with Gasteiger partial charge in [0.15, 0.2) is 12.2 Å². The van der Waals surface area contributed by atoms with E-state index < -0.39 is 97.5 Å². The van der Waals surface area contributed by atoms with Gasteiger partial charge in [-0.25, -0.2) is 9.13 Å². The second-order valence-electron chi connectivity index (χ2n) is 25.9. The highest BCUT2D eigenvalue weighted by atomic mass is 31.2. The highest BCUT2D eigenvalue weighted by Crippen LogP contribution is 2.45. The minimum absolute atomic E-state index is 0.0298. The van der Waals surface area contributed by atoms with Crippen LogP contribution in [0.5, 0.6) is 0 Å². The first kappa shape index (κ1) is 97.2. The van der Waals surface area contributed by atoms with Gasteiger partial charge in [-0.3, -0.25) is 37.3 Å². The number of allylic oxidation sites excluding steroid dienone is 22. The highest BCUT2D eigenvalue weighted by molar-refractivity contribution is 7.47. The van der Waals surface area contributed by atoms with Crippen molar-refractivity contribution in [3.05, 3.63) is 134 Å². The Hall–Kier alpha value is -4.80. The standard InChI is InChI=1S/C83H140O17P2/c1-5-9-13-17-21-25-29-33-36-37-38-39-42-45-48-52-56-60-64-68-81(86)94-74-79(100-83(88)70-66-62-58-54-50-46-41-35-31-27-23-19-15-11-7-3)76-98-102(91,92)96-72-77(84)71-95-101(89,90)97-75-78(99-82(87)69-65-61-57-53-49-43-32-28-24-20-16-12-8-4)73-93-80(85)67-63-59-55-51-47-44-40-34-30-26-22-18-14-10-6-2/h9,13,16,20-21,23,25,27-28,32-36,38-41,45,48,56,60,77-79,84H,5-8,10-12,14-15,17-19,22,24,26,29-31,37,42-44,46-47,49-55,57-59,61-76H2,1-4H3,(H,89,90)(H,91,92)/b13-9-,20-16-,25-21-,27-23-,32-28-,36-33-,39-38-,40-34-,41-35-,48-45-,60-56-. The minimum atomic E-state index is -5.00. The molecule has 5 atom stereocenters. The van der Waals surface area contributed by atoms with Gasteiger partial charge >= 0.3 is 39.5 Å². The topological polar surface area (TPSA) is 237 Å². The van der Waals surface area contributed by atoms with Crippen LogP contribution in [-0.4, -0.2) is 96.7 Å². The fourth-order valence-electron chi connectivity index (χ4n) is 10.1. The van der Waals surface area contributed by atoms with E-state index in [1.807, 2.05) is 18.2 Å². The van der Waals surface area contributed by atoms with Gasteiger partial charge < -0.3 is 33.8 Å². The lowest BCUT2D eigenvalue weighted by molar-refractivity contribution is -0.161. The first-order valence-corrected chi connectivity index (χ1v) is 42.4. The average molecular weight is 1470 g/mol. The molecule has 17 nitrogen and oxygen atoms in total. The van der Waals surface area contributed by atoms with E-state index in [2.05, 4.69) is 143 Å². The van der Waals surface area contributed by atoms with E-state index in [4.69, 9.17) is 37.0 Å². The Morgan fingerprint density at radius 2 is 0.549 bits per heavy atom. The third-order valence-electron chi connectivity index (χ3n) is 16.1. The second kappa shape index (κ2) is 74.5. The van der Waals surface area contributed by atoms with Crippen molar-refractivity contribution >= 4 is 39.5 Å². The molecule has 19 heteroatoms. The first-order valence-electron chi connectivity index (χ1n) is 39.4. The van der Waals surface area contributed by atoms with Crippen molar-refractivity contribution < 1.29 is 80.2 Å². The van der Waals surface area contributed by atoms with Crippen molar-refractivity contribution in [1.82, 2.24) is 0 Å². The summed E-state index contributed by atoms with van der Waals surface area (Å²) >= 11 is 0. The summed E-state index contributed by atoms with van der Waals surface area (Å²) < 4.78 is 68.4. The van der Waals surface area contributed by atoms with Crippen LogP contribution in [0.3, 0.4) is 0 Å². The molecular weight excluding hydrogens is 1330 g/mol. The molecule has 0 amide bonds. The first-order chi connectivity index (χ1) is 49.7. The number of aliphatic hydroxyl groups excluding tert-OH is 1. The van der Waals surface area contributed by atoms with Crippen LogP contribution < -0.4 is 0 Å². The van der Waals surface area contributed by atoms with Gasteiger partial charge in [-0.05, 0) is 148 Å². The van der Waals surface area contributed by atoms with Crippen molar-refractivity contribution in [2.45, 2.75) is 329 Å². The molecule has 0 rings (SSSR count). The van der Waals surface area contributed by atoms with E-state index in [1.54, 1.807) is 0 Å². The van der Waals surface area contributed by atoms with Crippen LogP contribution in [0.1, 0.15) is 310 Å². The van der Waals surface area contributed by atoms with E-state index in [0.29, 0.717) is 32.1 Å². The minimum Gasteiger partial charge on any atom is -0.462 e. The maximum Gasteiger partial charge on any atom is 0.472 e. The largest absolute Gasteiger partial charge is 0.472 e. The molecule has 0 saturated carbocycles. The lowest BCUT2D eigenvalue weighted by Crippen LogP contribution is -2.30. The molecule has 0 aliphatic carbocycles. The molecule has 0 spiro atoms. The average Bonchev–Trinajstić information content (AvgIpc) is 0.924. The molecule has 0 aromatic carbocycles. The number of phosphoric acid groups is 2. The van der Waals surface area contributed by atoms with E-state index in [1.165, 1.54) is 57.8 Å². The Bertz CT molecular complexity index is 2460. The molecule has 584 valence electrons. The number of rotatable bonds is 73. The Labute approximate surface area is 618 Å². The van der Waals surface area contributed by atoms with E-state index >= 15 is 0 Å². The van der Waals surface area contributed by atoms with Crippen LogP contribution in [0, 0.1) is 0 Å². The van der Waals surface area contributed by atoms with Gasteiger partial charge in [0, 0.05) is 25.7 Å². The molecule has 3 N–H and O–H groups in total. The van der Waals surface area contributed by atoms with Crippen molar-refractivity contribution in [3.63, 3.8) is 0 Å². The molecule has 0 aliphatic rings. The molecule has 0 aromatic heterocycles. The Morgan fingerprint density at radius 3 is 0.912 bits per heavy atom. The van der Waals surface area contributed by atoms with Gasteiger partial charge in [0.2, 0.25) is 0 Å². The fourth-order valence-corrected chi connectivity index (χ4v) is 11.7. The zero-order valence-electron chi connectivity index (χ0n) is 63.7. The van der Waals surface area contributed by atoms with E-state index in [-0.39, 0.29) is 25.7 Å². The third kappa shape index (κ3) is 73.5. The molecule has 0 bridgehead atoms. The van der Waals surface area contributed by atoms with E-state index in [9.17, 15) is 43.2 Å². The molecule has 0 heterocycles. The predicted octanol–water partition coefficient (Wildman–Crippen LogP) is 22.9. The zero-order valence-corrected chi connectivity index (χ0v) is 65.5. The van der Waals surface area contributed by atoms with Crippen LogP contribution >= 0.6 is 15.6 Å². The highest BCUT2D eigenvalue weighted by Gasteiger charge is 2.30. The molecule has 102 heavy (non-hydrogen) atoms. The lowest BCUT2D eigenvalue weighted by Gasteiger charge is -2.21. The number of phosphoric ester groups is 2. The summed E-state index contributed by atoms with van der Waals surface area (Å²) in [4.78, 5) is 72.9. The number of hydrogen-bond acceptors (Lipinski definition) is 15. The normalized spacial score (nSPS) is 14.6. The van der Waals surface area contributed by atoms with Crippen molar-refractivity contribution in [3.8, 4) is 0 Å². The quantitative estimate of drug-likeness (QED) is 0.0169. The summed E-state index contributed by atoms with van der Waals surface area (Å²) in [6.07, 6.45) is 83.1. The monoisotopic (exact) mass is 1470 g/mol. The molecule has 0 radical (unpaired) electrons. The summed E-state index contributed by atoms with van der Waals surface area (Å²) in [6, 6.07) is 0. The SMILES string of the molecule is CC/C=C\C/C=C\C/C=C\C/C=C\C/C=C\C/C=C\CCC(=O)OCC(COP(=O)(O)OCC(O)COP(=O)(O)OCC(COC(=O)CCCCCCC/C=C\CCCCCCCC)OC(=O)CCCCCCC/C=C\C/C=C\CCC)OC(=O)CCCCCCC/C=C\C/C=C\CCCCC. The van der Waals surface area contributed by atoms with Crippen molar-refractivity contribution in [1.29, 1.82) is 0 Å². The number of hydrogen-bond donors (Lipinski definition) is 3. The Kier molecular flexibility index (Phi) is 71.0. The number of esters is 4. The lowest BCUT2D eigenvalue weighted by atomic mass is 10.1. The number of carbonyl (C=O) groups excluding carboxylic acids is 4. The van der Waals surface area contributed by atoms with Gasteiger partial charge in [0.25, 0.3) is 0 Å². The third-order valence-corrected chi connectivity index (χ3v) is 18.0. The van der Waals surface area contributed by atoms with Crippen LogP contribution in [0.25, 0.3) is 0 Å². The molecule has 0 fully saturated rings. The zero-order chi connectivity index (χ0) is 74.6. The van der Waals surface area contributed by atoms with Crippen LogP contribution in [0.15, 0.2) is 134 Å². The number of aliphatic hydroxyl groups is 1. The number of ether oxygens (including phenoxy) is 4. The fraction of sp³-hybridized carbons (Fsp3) is 0.687. The van der Waals surface area contributed by atoms with Crippen LogP contribution in [0.4, 0.5) is 0 Å². The molecule has 0 aliphatic heterocycles. The smallest absolute Gasteiger partial charge is 0.462 e. The number of unbranched alkanes of at least 4 members (excludes halogenated alkanes) is 25. The summed E-state index contributed by atoms with van der Waals surface area (Å²) in [7, 11) is -9.99. The second-order valence-corrected chi connectivity index (χ2v) is 28.8. The number of carbonyl (C=O) groups is 4. The molecule has 0 aromatic rings. The molecule has 0 saturated heterocycles. The summed E-state index contributed by atoms with van der Waals surface area (Å²) in [5.41, 5.74) is 0. The summed E-state index contributed by atoms with van der Waals surface area (Å²) in [5.74, 6) is -2.31. The predicted molar refractivity (Wildman–Crippen MR) is 418 cm³/mol. The van der Waals surface area contributed by atoms with Crippen LogP contribution in [-0.2, 0) is 65.4 Å². The summed E-state index contributed by atoms with van der Waals surface area (Å²) in [5, 5.41) is 10.6. The van der Waals surface area contributed by atoms with Gasteiger partial charge in [0.1, 0.15) is 19.3 Å². The maximum atomic E-state index is 13.1. The summed E-state index contributed by atoms with van der Waals surface area (Å²) in [6.45, 7) is 4.54. The van der Waals surface area contributed by atoms with Gasteiger partial charge in [-0.2, -0.15) is 0 Å². The van der Waals surface area contributed by atoms with Gasteiger partial charge in [-0.15, -0.1) is 0 Å². The van der Waals surface area contributed by atoms with E-state index in [0.717, 1.165) is 167 Å². The maximum absolute atomic E-state index is 13.1. The molecule has 5 unspecified atom stereocenters. The van der Waals surface area contributed by atoms with Crippen molar-refractivity contribution in [2.75, 3.05) is 39.6 Å². The van der Waals surface area contributed by atoms with Gasteiger partial charge in [-0.1, -0.05) is 271 Å². The van der Waals surface area contributed by atoms with Crippen molar-refractivity contribution in [2.24, 2.45) is 0 Å². The van der Waals surface area contributed by atoms with Crippen LogP contribution in [0.2, 0.25) is 0 Å². The Balaban J connectivity index is 5.44. The molecular formula is C83H140O17P2.